The molecule has 3 N–H and O–H groups in total. The molecule has 0 aliphatic carbocycles. The molecule has 23 heavy (non-hydrogen) atoms. The lowest BCUT2D eigenvalue weighted by Crippen LogP contribution is -2.47. The van der Waals surface area contributed by atoms with Gasteiger partial charge in [-0.2, -0.15) is 0 Å². The summed E-state index contributed by atoms with van der Waals surface area (Å²) in [6.07, 6.45) is 1.71. The molecular weight excluding hydrogens is 296 g/mol. The van der Waals surface area contributed by atoms with Gasteiger partial charge in [0.05, 0.1) is 12.3 Å². The molecule has 1 saturated heterocycles. The zero-order valence-corrected chi connectivity index (χ0v) is 14.3. The monoisotopic (exact) mass is 324 g/mol. The number of aliphatic hydroxyl groups is 1. The standard InChI is InChI=1S/C16H28N4O3/c1-4-17-15(18-9-14-20-12(2)13(3)23-14)19-10-16(11-21)5-7-22-8-6-16/h21H,4-11H2,1-3H3,(H2,17,18,19). The highest BCUT2D eigenvalue weighted by atomic mass is 16.5. The van der Waals surface area contributed by atoms with Gasteiger partial charge in [-0.3, -0.25) is 0 Å². The predicted octanol–water partition coefficient (Wildman–Crippen LogP) is 1.14. The van der Waals surface area contributed by atoms with Crippen LogP contribution in [0.2, 0.25) is 0 Å². The second-order valence-electron chi connectivity index (χ2n) is 6.07. The Kier molecular flexibility index (Phi) is 6.41. The minimum absolute atomic E-state index is 0.134. The fraction of sp³-hybridized carbons (Fsp3) is 0.750. The molecule has 0 bridgehead atoms. The van der Waals surface area contributed by atoms with E-state index in [4.69, 9.17) is 9.15 Å². The number of aryl methyl sites for hydroxylation is 2. The molecule has 1 aromatic heterocycles. The average molecular weight is 324 g/mol. The summed E-state index contributed by atoms with van der Waals surface area (Å²) in [7, 11) is 0. The van der Waals surface area contributed by atoms with Crippen LogP contribution in [-0.2, 0) is 11.3 Å². The highest BCUT2D eigenvalue weighted by Gasteiger charge is 2.32. The largest absolute Gasteiger partial charge is 0.444 e. The Morgan fingerprint density at radius 3 is 2.61 bits per heavy atom. The maximum absolute atomic E-state index is 9.74. The van der Waals surface area contributed by atoms with Crippen LogP contribution in [0.25, 0.3) is 0 Å². The summed E-state index contributed by atoms with van der Waals surface area (Å²) < 4.78 is 10.9. The molecule has 7 nitrogen and oxygen atoms in total. The molecule has 0 amide bonds. The molecule has 1 aliphatic rings. The molecule has 0 spiro atoms. The third-order valence-corrected chi connectivity index (χ3v) is 4.31. The van der Waals surface area contributed by atoms with E-state index in [9.17, 15) is 5.11 Å². The first kappa shape index (κ1) is 17.7. The van der Waals surface area contributed by atoms with Crippen LogP contribution in [0, 0.1) is 19.3 Å². The number of oxazole rings is 1. The number of hydrogen-bond donors (Lipinski definition) is 3. The quantitative estimate of drug-likeness (QED) is 0.537. The zero-order valence-electron chi connectivity index (χ0n) is 14.3. The molecule has 130 valence electrons. The Bertz CT molecular complexity index is 502. The minimum atomic E-state index is -0.134. The molecule has 0 aromatic carbocycles. The average Bonchev–Trinajstić information content (AvgIpc) is 2.89. The summed E-state index contributed by atoms with van der Waals surface area (Å²) in [4.78, 5) is 8.85. The van der Waals surface area contributed by atoms with Crippen molar-refractivity contribution < 1.29 is 14.3 Å². The minimum Gasteiger partial charge on any atom is -0.444 e. The molecule has 7 heteroatoms. The Morgan fingerprint density at radius 1 is 1.30 bits per heavy atom. The van der Waals surface area contributed by atoms with Crippen molar-refractivity contribution in [2.45, 2.75) is 40.2 Å². The van der Waals surface area contributed by atoms with E-state index < -0.39 is 0 Å². The Hall–Kier alpha value is -1.60. The Labute approximate surface area is 137 Å². The molecule has 1 aliphatic heterocycles. The number of aromatic nitrogens is 1. The molecule has 1 fully saturated rings. The van der Waals surface area contributed by atoms with E-state index in [-0.39, 0.29) is 12.0 Å². The van der Waals surface area contributed by atoms with E-state index in [1.54, 1.807) is 0 Å². The van der Waals surface area contributed by atoms with Gasteiger partial charge in [0, 0.05) is 31.7 Å². The van der Waals surface area contributed by atoms with Gasteiger partial charge in [-0.1, -0.05) is 0 Å². The Morgan fingerprint density at radius 2 is 2.04 bits per heavy atom. The molecule has 0 saturated carbocycles. The van der Waals surface area contributed by atoms with Crippen LogP contribution in [0.15, 0.2) is 9.41 Å². The summed E-state index contributed by atoms with van der Waals surface area (Å²) in [6, 6.07) is 0. The summed E-state index contributed by atoms with van der Waals surface area (Å²) >= 11 is 0. The van der Waals surface area contributed by atoms with Gasteiger partial charge in [0.2, 0.25) is 5.89 Å². The van der Waals surface area contributed by atoms with Crippen LogP contribution in [0.5, 0.6) is 0 Å². The van der Waals surface area contributed by atoms with E-state index in [0.29, 0.717) is 38.2 Å². The van der Waals surface area contributed by atoms with Gasteiger partial charge in [-0.05, 0) is 33.6 Å². The summed E-state index contributed by atoms with van der Waals surface area (Å²) in [6.45, 7) is 9.22. The summed E-state index contributed by atoms with van der Waals surface area (Å²) in [5.41, 5.74) is 0.763. The predicted molar refractivity (Wildman–Crippen MR) is 88.4 cm³/mol. The topological polar surface area (TPSA) is 91.9 Å². The fourth-order valence-corrected chi connectivity index (χ4v) is 2.56. The lowest BCUT2D eigenvalue weighted by atomic mass is 9.81. The van der Waals surface area contributed by atoms with Crippen LogP contribution in [-0.4, -0.2) is 49.0 Å². The number of rotatable bonds is 6. The number of nitrogens with zero attached hydrogens (tertiary/aromatic N) is 2. The molecule has 0 unspecified atom stereocenters. The van der Waals surface area contributed by atoms with Gasteiger partial charge in [-0.25, -0.2) is 9.98 Å². The highest BCUT2D eigenvalue weighted by molar-refractivity contribution is 5.79. The maximum atomic E-state index is 9.74. The van der Waals surface area contributed by atoms with Crippen molar-refractivity contribution in [3.8, 4) is 0 Å². The van der Waals surface area contributed by atoms with Crippen molar-refractivity contribution in [2.24, 2.45) is 10.4 Å². The number of nitrogens with one attached hydrogen (secondary N) is 2. The lowest BCUT2D eigenvalue weighted by Gasteiger charge is -2.35. The van der Waals surface area contributed by atoms with E-state index in [0.717, 1.165) is 30.8 Å². The van der Waals surface area contributed by atoms with Crippen molar-refractivity contribution >= 4 is 5.96 Å². The number of ether oxygens (including phenoxy) is 1. The third-order valence-electron chi connectivity index (χ3n) is 4.31. The number of guanidine groups is 1. The van der Waals surface area contributed by atoms with Gasteiger partial charge < -0.3 is 24.9 Å². The van der Waals surface area contributed by atoms with Crippen molar-refractivity contribution in [3.05, 3.63) is 17.3 Å². The summed E-state index contributed by atoms with van der Waals surface area (Å²) in [5.74, 6) is 2.15. The van der Waals surface area contributed by atoms with Crippen LogP contribution in [0.3, 0.4) is 0 Å². The van der Waals surface area contributed by atoms with Gasteiger partial charge in [-0.15, -0.1) is 0 Å². The van der Waals surface area contributed by atoms with E-state index in [1.807, 2.05) is 20.8 Å². The first-order valence-electron chi connectivity index (χ1n) is 8.22. The van der Waals surface area contributed by atoms with Gasteiger partial charge in [0.25, 0.3) is 0 Å². The van der Waals surface area contributed by atoms with Crippen molar-refractivity contribution in [2.75, 3.05) is 32.9 Å². The van der Waals surface area contributed by atoms with E-state index in [1.165, 1.54) is 0 Å². The van der Waals surface area contributed by atoms with E-state index >= 15 is 0 Å². The zero-order chi connectivity index (χ0) is 16.7. The van der Waals surface area contributed by atoms with Gasteiger partial charge in [0.15, 0.2) is 5.96 Å². The summed E-state index contributed by atoms with van der Waals surface area (Å²) in [5, 5.41) is 16.3. The SMILES string of the molecule is CCNC(=NCc1nc(C)c(C)o1)NCC1(CO)CCOCC1. The van der Waals surface area contributed by atoms with Gasteiger partial charge >= 0.3 is 0 Å². The van der Waals surface area contributed by atoms with Gasteiger partial charge in [0.1, 0.15) is 12.3 Å². The van der Waals surface area contributed by atoms with Crippen LogP contribution < -0.4 is 10.6 Å². The fourth-order valence-electron chi connectivity index (χ4n) is 2.56. The van der Waals surface area contributed by atoms with Crippen LogP contribution >= 0.6 is 0 Å². The number of aliphatic imine (C=N–C) groups is 1. The second-order valence-corrected chi connectivity index (χ2v) is 6.07. The molecule has 0 radical (unpaired) electrons. The highest BCUT2D eigenvalue weighted by Crippen LogP contribution is 2.28. The van der Waals surface area contributed by atoms with E-state index in [2.05, 4.69) is 20.6 Å². The first-order chi connectivity index (χ1) is 11.1. The lowest BCUT2D eigenvalue weighted by molar-refractivity contribution is -0.0131. The van der Waals surface area contributed by atoms with Crippen molar-refractivity contribution in [3.63, 3.8) is 0 Å². The van der Waals surface area contributed by atoms with Crippen molar-refractivity contribution in [1.82, 2.24) is 15.6 Å². The smallest absolute Gasteiger partial charge is 0.216 e. The molecule has 1 aromatic rings. The number of aliphatic hydroxyl groups excluding tert-OH is 1. The van der Waals surface area contributed by atoms with Crippen LogP contribution in [0.1, 0.15) is 37.1 Å². The normalized spacial score (nSPS) is 18.0. The van der Waals surface area contributed by atoms with Crippen LogP contribution in [0.4, 0.5) is 0 Å². The molecule has 2 heterocycles. The second kappa shape index (κ2) is 8.31. The Balaban J connectivity index is 1.95. The molecule has 2 rings (SSSR count). The van der Waals surface area contributed by atoms with Crippen molar-refractivity contribution in [1.29, 1.82) is 0 Å². The molecular formula is C16H28N4O3. The maximum Gasteiger partial charge on any atom is 0.216 e. The third kappa shape index (κ3) is 4.94. The first-order valence-corrected chi connectivity index (χ1v) is 8.22. The number of hydrogen-bond acceptors (Lipinski definition) is 5. The molecule has 0 atom stereocenters.